The van der Waals surface area contributed by atoms with Crippen LogP contribution in [-0.2, 0) is 17.8 Å². The Kier molecular flexibility index (Phi) is 6.13. The maximum atomic E-state index is 12.6. The van der Waals surface area contributed by atoms with E-state index in [1.54, 1.807) is 0 Å². The van der Waals surface area contributed by atoms with Gasteiger partial charge < -0.3 is 14.6 Å². The molecule has 1 aromatic carbocycles. The quantitative estimate of drug-likeness (QED) is 0.547. The summed E-state index contributed by atoms with van der Waals surface area (Å²) in [6.45, 7) is 6.47. The van der Waals surface area contributed by atoms with Gasteiger partial charge in [-0.15, -0.1) is 11.3 Å². The van der Waals surface area contributed by atoms with Gasteiger partial charge in [-0.2, -0.15) is 4.98 Å². The van der Waals surface area contributed by atoms with Crippen LogP contribution >= 0.6 is 11.3 Å². The van der Waals surface area contributed by atoms with Gasteiger partial charge in [-0.05, 0) is 37.8 Å². The van der Waals surface area contributed by atoms with Gasteiger partial charge in [-0.1, -0.05) is 36.7 Å². The predicted molar refractivity (Wildman–Crippen MR) is 113 cm³/mol. The van der Waals surface area contributed by atoms with E-state index in [1.165, 1.54) is 16.9 Å². The maximum Gasteiger partial charge on any atom is 0.249 e. The summed E-state index contributed by atoms with van der Waals surface area (Å²) in [5.74, 6) is 2.47. The van der Waals surface area contributed by atoms with Gasteiger partial charge in [0.1, 0.15) is 23.4 Å². The first kappa shape index (κ1) is 20.5. The van der Waals surface area contributed by atoms with Crippen molar-refractivity contribution in [2.24, 2.45) is 5.92 Å². The van der Waals surface area contributed by atoms with Gasteiger partial charge in [0, 0.05) is 11.3 Å². The second-order valence-corrected chi connectivity index (χ2v) is 9.01. The zero-order chi connectivity index (χ0) is 21.1. The fraction of sp³-hybridized carbons (Fsp3) is 0.455. The zero-order valence-corrected chi connectivity index (χ0v) is 18.2. The molecule has 1 amide bonds. The molecule has 1 aliphatic rings. The van der Waals surface area contributed by atoms with E-state index in [0.717, 1.165) is 35.1 Å². The molecule has 0 saturated heterocycles. The fourth-order valence-electron chi connectivity index (χ4n) is 3.06. The molecule has 8 heteroatoms. The number of ether oxygens (including phenoxy) is 1. The summed E-state index contributed by atoms with van der Waals surface area (Å²) in [7, 11) is 0. The van der Waals surface area contributed by atoms with Crippen molar-refractivity contribution in [3.63, 3.8) is 0 Å². The van der Waals surface area contributed by atoms with Crippen LogP contribution in [0, 0.1) is 12.8 Å². The molecule has 0 bridgehead atoms. The van der Waals surface area contributed by atoms with Crippen molar-refractivity contribution >= 4 is 17.2 Å². The van der Waals surface area contributed by atoms with Crippen molar-refractivity contribution in [3.8, 4) is 5.75 Å². The number of aromatic nitrogens is 3. The number of rotatable bonds is 9. The number of aryl methyl sites for hydroxylation is 1. The highest BCUT2D eigenvalue weighted by atomic mass is 32.1. The van der Waals surface area contributed by atoms with E-state index in [1.807, 2.05) is 50.4 Å². The van der Waals surface area contributed by atoms with Gasteiger partial charge in [0.25, 0.3) is 0 Å². The number of carbonyl (C=O) groups excluding carboxylic acids is 1. The van der Waals surface area contributed by atoms with E-state index in [4.69, 9.17) is 9.26 Å². The summed E-state index contributed by atoms with van der Waals surface area (Å²) in [6.07, 6.45) is 2.42. The Bertz CT molecular complexity index is 992. The molecular weight excluding hydrogens is 400 g/mol. The first-order valence-corrected chi connectivity index (χ1v) is 11.1. The van der Waals surface area contributed by atoms with E-state index in [0.29, 0.717) is 18.4 Å². The SMILES string of the molecule is Cc1ccc(OCc2nc(CC(=O)NC(c3nc(C4CC4)no3)C(C)C)cs2)cc1. The van der Waals surface area contributed by atoms with Crippen molar-refractivity contribution in [1.29, 1.82) is 0 Å². The van der Waals surface area contributed by atoms with E-state index < -0.39 is 0 Å². The van der Waals surface area contributed by atoms with E-state index in [9.17, 15) is 4.79 Å². The van der Waals surface area contributed by atoms with Crippen LogP contribution in [-0.4, -0.2) is 21.0 Å². The summed E-state index contributed by atoms with van der Waals surface area (Å²) >= 11 is 1.49. The van der Waals surface area contributed by atoms with Crippen LogP contribution in [0.3, 0.4) is 0 Å². The maximum absolute atomic E-state index is 12.6. The van der Waals surface area contributed by atoms with Crippen LogP contribution in [0.2, 0.25) is 0 Å². The summed E-state index contributed by atoms with van der Waals surface area (Å²) in [5.41, 5.74) is 1.92. The monoisotopic (exact) mass is 426 g/mol. The highest BCUT2D eigenvalue weighted by Crippen LogP contribution is 2.38. The van der Waals surface area contributed by atoms with Gasteiger partial charge >= 0.3 is 0 Å². The minimum Gasteiger partial charge on any atom is -0.486 e. The Morgan fingerprint density at radius 3 is 2.73 bits per heavy atom. The minimum atomic E-state index is -0.305. The Hall–Kier alpha value is -2.74. The van der Waals surface area contributed by atoms with Crippen LogP contribution in [0.1, 0.15) is 66.6 Å². The lowest BCUT2D eigenvalue weighted by Gasteiger charge is -2.18. The largest absolute Gasteiger partial charge is 0.486 e. The molecule has 7 nitrogen and oxygen atoms in total. The molecule has 0 aliphatic heterocycles. The number of nitrogens with one attached hydrogen (secondary N) is 1. The molecule has 158 valence electrons. The number of hydrogen-bond donors (Lipinski definition) is 1. The Morgan fingerprint density at radius 1 is 1.27 bits per heavy atom. The summed E-state index contributed by atoms with van der Waals surface area (Å²) in [4.78, 5) is 21.6. The number of amides is 1. The van der Waals surface area contributed by atoms with Crippen LogP contribution in [0.5, 0.6) is 5.75 Å². The van der Waals surface area contributed by atoms with Gasteiger partial charge in [-0.25, -0.2) is 4.98 Å². The third-order valence-electron chi connectivity index (χ3n) is 4.97. The molecule has 2 heterocycles. The van der Waals surface area contributed by atoms with Gasteiger partial charge in [0.15, 0.2) is 5.82 Å². The molecule has 3 aromatic rings. The number of benzene rings is 1. The third-order valence-corrected chi connectivity index (χ3v) is 5.84. The number of carbonyl (C=O) groups is 1. The molecule has 1 saturated carbocycles. The highest BCUT2D eigenvalue weighted by Gasteiger charge is 2.31. The first-order valence-electron chi connectivity index (χ1n) is 10.2. The molecule has 1 fully saturated rings. The first-order chi connectivity index (χ1) is 14.5. The van der Waals surface area contributed by atoms with Crippen molar-refractivity contribution in [3.05, 3.63) is 57.6 Å². The second kappa shape index (κ2) is 8.95. The fourth-order valence-corrected chi connectivity index (χ4v) is 3.76. The van der Waals surface area contributed by atoms with Gasteiger partial charge in [-0.3, -0.25) is 4.79 Å². The standard InChI is InChI=1S/C22H26N4O3S/c1-13(2)20(22-25-21(26-29-22)15-6-7-15)24-18(27)10-16-12-30-19(23-16)11-28-17-8-4-14(3)5-9-17/h4-5,8-9,12-13,15,20H,6-7,10-11H2,1-3H3,(H,24,27). The lowest BCUT2D eigenvalue weighted by atomic mass is 10.0. The molecule has 1 unspecified atom stereocenters. The van der Waals surface area contributed by atoms with Crippen molar-refractivity contribution in [1.82, 2.24) is 20.4 Å². The molecule has 1 N–H and O–H groups in total. The number of thiazole rings is 1. The summed E-state index contributed by atoms with van der Waals surface area (Å²) in [5, 5.41) is 9.83. The van der Waals surface area contributed by atoms with E-state index in [-0.39, 0.29) is 24.3 Å². The lowest BCUT2D eigenvalue weighted by molar-refractivity contribution is -0.121. The van der Waals surface area contributed by atoms with Crippen LogP contribution in [0.15, 0.2) is 34.2 Å². The van der Waals surface area contributed by atoms with E-state index in [2.05, 4.69) is 20.4 Å². The van der Waals surface area contributed by atoms with Crippen LogP contribution in [0.4, 0.5) is 0 Å². The smallest absolute Gasteiger partial charge is 0.249 e. The van der Waals surface area contributed by atoms with Crippen molar-refractivity contribution in [2.75, 3.05) is 0 Å². The lowest BCUT2D eigenvalue weighted by Crippen LogP contribution is -2.33. The van der Waals surface area contributed by atoms with Crippen molar-refractivity contribution in [2.45, 2.75) is 58.6 Å². The Labute approximate surface area is 179 Å². The van der Waals surface area contributed by atoms with Gasteiger partial charge in [0.05, 0.1) is 12.1 Å². The normalized spacial score (nSPS) is 14.7. The topological polar surface area (TPSA) is 90.1 Å². The Balaban J connectivity index is 1.31. The molecule has 0 radical (unpaired) electrons. The average molecular weight is 427 g/mol. The summed E-state index contributed by atoms with van der Waals surface area (Å²) < 4.78 is 11.2. The highest BCUT2D eigenvalue weighted by molar-refractivity contribution is 7.09. The molecule has 1 aliphatic carbocycles. The Morgan fingerprint density at radius 2 is 2.03 bits per heavy atom. The van der Waals surface area contributed by atoms with Crippen LogP contribution in [0.25, 0.3) is 0 Å². The molecular formula is C22H26N4O3S. The molecule has 0 spiro atoms. The van der Waals surface area contributed by atoms with Gasteiger partial charge in [0.2, 0.25) is 11.8 Å². The zero-order valence-electron chi connectivity index (χ0n) is 17.4. The molecule has 1 atom stereocenters. The summed E-state index contributed by atoms with van der Waals surface area (Å²) in [6, 6.07) is 7.59. The molecule has 2 aromatic heterocycles. The van der Waals surface area contributed by atoms with Crippen molar-refractivity contribution < 1.29 is 14.1 Å². The average Bonchev–Trinajstić information content (AvgIpc) is 3.28. The molecule has 4 rings (SSSR count). The van der Waals surface area contributed by atoms with E-state index >= 15 is 0 Å². The predicted octanol–water partition coefficient (Wildman–Crippen LogP) is 4.35. The second-order valence-electron chi connectivity index (χ2n) is 8.07. The number of hydrogen-bond acceptors (Lipinski definition) is 7. The molecule has 30 heavy (non-hydrogen) atoms. The number of nitrogens with zero attached hydrogens (tertiary/aromatic N) is 3. The third kappa shape index (κ3) is 5.24. The van der Waals surface area contributed by atoms with Crippen LogP contribution < -0.4 is 10.1 Å². The minimum absolute atomic E-state index is 0.115.